The molecule has 1 amide bonds. The number of rotatable bonds is 3. The van der Waals surface area contributed by atoms with Crippen molar-refractivity contribution in [1.29, 1.82) is 5.26 Å². The van der Waals surface area contributed by atoms with Crippen molar-refractivity contribution in [2.45, 2.75) is 0 Å². The quantitative estimate of drug-likeness (QED) is 0.586. The standard InChI is InChI=1S/C6H11BN2OS/c1-9(2)6(10)7(4-8)5-11-3/h5H2,1-3H3. The summed E-state index contributed by atoms with van der Waals surface area (Å²) in [5.41, 5.74) is 0.577. The van der Waals surface area contributed by atoms with Gasteiger partial charge in [0.15, 0.2) is 5.81 Å². The van der Waals surface area contributed by atoms with Crippen LogP contribution in [0.3, 0.4) is 0 Å². The molecule has 0 radical (unpaired) electrons. The lowest BCUT2D eigenvalue weighted by Crippen LogP contribution is -2.37. The normalized spacial score (nSPS) is 8.55. The number of carbonyl (C=O) groups excluding carboxylic acids is 1. The third-order valence-electron chi connectivity index (χ3n) is 1.23. The third kappa shape index (κ3) is 3.33. The Morgan fingerprint density at radius 3 is 2.55 bits per heavy atom. The van der Waals surface area contributed by atoms with Crippen molar-refractivity contribution < 1.29 is 4.79 Å². The Hall–Kier alpha value is -0.625. The molecule has 0 spiro atoms. The lowest BCUT2D eigenvalue weighted by Gasteiger charge is -2.11. The Balaban J connectivity index is 4.06. The first kappa shape index (κ1) is 10.4. The SMILES string of the molecule is CSCB(C#N)C(=O)N(C)C. The fourth-order valence-corrected chi connectivity index (χ4v) is 1.19. The molecule has 0 heterocycles. The summed E-state index contributed by atoms with van der Waals surface area (Å²) in [6, 6.07) is 0. The smallest absolute Gasteiger partial charge is 0.356 e. The topological polar surface area (TPSA) is 44.1 Å². The second-order valence-corrected chi connectivity index (χ2v) is 3.28. The minimum atomic E-state index is -0.486. The van der Waals surface area contributed by atoms with E-state index in [1.54, 1.807) is 14.1 Å². The highest BCUT2D eigenvalue weighted by atomic mass is 32.2. The van der Waals surface area contributed by atoms with E-state index < -0.39 is 6.71 Å². The predicted octanol–water partition coefficient (Wildman–Crippen LogP) is 0.709. The van der Waals surface area contributed by atoms with Gasteiger partial charge < -0.3 is 4.90 Å². The Kier molecular flexibility index (Phi) is 4.79. The lowest BCUT2D eigenvalue weighted by atomic mass is 9.52. The molecular weight excluding hydrogens is 159 g/mol. The summed E-state index contributed by atoms with van der Waals surface area (Å²) in [5.74, 6) is 1.86. The summed E-state index contributed by atoms with van der Waals surface area (Å²) in [6.45, 7) is -0.486. The molecule has 0 N–H and O–H groups in total. The summed E-state index contributed by atoms with van der Waals surface area (Å²) < 4.78 is 0. The summed E-state index contributed by atoms with van der Waals surface area (Å²) >= 11 is 1.51. The van der Waals surface area contributed by atoms with Crippen LogP contribution in [-0.4, -0.2) is 43.4 Å². The fourth-order valence-electron chi connectivity index (χ4n) is 0.642. The van der Waals surface area contributed by atoms with Crippen molar-refractivity contribution in [3.05, 3.63) is 0 Å². The van der Waals surface area contributed by atoms with Gasteiger partial charge >= 0.3 is 6.71 Å². The van der Waals surface area contributed by atoms with Gasteiger partial charge in [0, 0.05) is 20.1 Å². The largest absolute Gasteiger partial charge is 0.381 e. The average molecular weight is 170 g/mol. The zero-order valence-corrected chi connectivity index (χ0v) is 7.81. The maximum Gasteiger partial charge on any atom is 0.381 e. The van der Waals surface area contributed by atoms with Gasteiger partial charge in [0.05, 0.1) is 0 Å². The average Bonchev–Trinajstić information content (AvgIpc) is 1.98. The molecule has 60 valence electrons. The van der Waals surface area contributed by atoms with Gasteiger partial charge in [0.2, 0.25) is 0 Å². The number of nitriles is 1. The molecule has 3 nitrogen and oxygen atoms in total. The molecule has 0 aromatic carbocycles. The highest BCUT2D eigenvalue weighted by Gasteiger charge is 2.24. The number of amides is 1. The number of thioether (sulfide) groups is 1. The van der Waals surface area contributed by atoms with Crippen LogP contribution in [0, 0.1) is 11.2 Å². The Morgan fingerprint density at radius 1 is 1.73 bits per heavy atom. The van der Waals surface area contributed by atoms with Crippen LogP contribution in [0.25, 0.3) is 0 Å². The van der Waals surface area contributed by atoms with Crippen molar-refractivity contribution in [2.24, 2.45) is 0 Å². The molecule has 0 aromatic rings. The monoisotopic (exact) mass is 170 g/mol. The Bertz CT molecular complexity index is 178. The van der Waals surface area contributed by atoms with Crippen molar-refractivity contribution >= 4 is 24.3 Å². The Morgan fingerprint density at radius 2 is 2.27 bits per heavy atom. The van der Waals surface area contributed by atoms with Crippen molar-refractivity contribution in [3.8, 4) is 5.97 Å². The van der Waals surface area contributed by atoms with Crippen LogP contribution < -0.4 is 0 Å². The Labute approximate surface area is 71.8 Å². The van der Waals surface area contributed by atoms with E-state index in [1.807, 2.05) is 12.2 Å². The van der Waals surface area contributed by atoms with Gasteiger partial charge in [0.1, 0.15) is 0 Å². The molecule has 0 aliphatic rings. The van der Waals surface area contributed by atoms with E-state index in [-0.39, 0.29) is 5.81 Å². The van der Waals surface area contributed by atoms with Crippen LogP contribution >= 0.6 is 11.8 Å². The summed E-state index contributed by atoms with van der Waals surface area (Å²) in [4.78, 5) is 12.6. The van der Waals surface area contributed by atoms with Crippen LogP contribution in [0.2, 0.25) is 0 Å². The van der Waals surface area contributed by atoms with Gasteiger partial charge in [-0.25, -0.2) is 5.26 Å². The molecule has 0 aliphatic heterocycles. The number of hydrogen-bond donors (Lipinski definition) is 0. The third-order valence-corrected chi connectivity index (χ3v) is 1.89. The van der Waals surface area contributed by atoms with Crippen molar-refractivity contribution in [1.82, 2.24) is 4.90 Å². The van der Waals surface area contributed by atoms with Crippen LogP contribution in [0.15, 0.2) is 0 Å². The molecule has 0 bridgehead atoms. The van der Waals surface area contributed by atoms with Crippen LogP contribution in [-0.2, 0) is 0 Å². The van der Waals surface area contributed by atoms with E-state index in [2.05, 4.69) is 0 Å². The van der Waals surface area contributed by atoms with E-state index in [9.17, 15) is 4.79 Å². The molecule has 0 unspecified atom stereocenters. The molecule has 0 rings (SSSR count). The first-order valence-electron chi connectivity index (χ1n) is 3.23. The van der Waals surface area contributed by atoms with Gasteiger partial charge in [-0.1, -0.05) is 0 Å². The van der Waals surface area contributed by atoms with Crippen LogP contribution in [0.4, 0.5) is 4.79 Å². The zero-order chi connectivity index (χ0) is 8.85. The number of carbonyl (C=O) groups is 1. The van der Waals surface area contributed by atoms with Crippen molar-refractivity contribution in [3.63, 3.8) is 0 Å². The van der Waals surface area contributed by atoms with Gasteiger partial charge in [-0.05, 0) is 11.9 Å². The zero-order valence-electron chi connectivity index (χ0n) is 7.00. The van der Waals surface area contributed by atoms with Crippen LogP contribution in [0.5, 0.6) is 0 Å². The second-order valence-electron chi connectivity index (χ2n) is 2.37. The molecule has 0 saturated heterocycles. The molecule has 11 heavy (non-hydrogen) atoms. The van der Waals surface area contributed by atoms with E-state index in [4.69, 9.17) is 5.26 Å². The molecule has 0 fully saturated rings. The number of nitrogens with zero attached hydrogens (tertiary/aromatic N) is 2. The van der Waals surface area contributed by atoms with Crippen LogP contribution in [0.1, 0.15) is 0 Å². The first-order valence-corrected chi connectivity index (χ1v) is 4.62. The highest BCUT2D eigenvalue weighted by Crippen LogP contribution is 1.98. The molecule has 0 atom stereocenters. The van der Waals surface area contributed by atoms with Gasteiger partial charge in [-0.15, -0.1) is 0 Å². The molecule has 5 heteroatoms. The molecule has 0 aliphatic carbocycles. The minimum absolute atomic E-state index is 0.109. The predicted molar refractivity (Wildman–Crippen MR) is 48.8 cm³/mol. The number of hydrogen-bond acceptors (Lipinski definition) is 3. The van der Waals surface area contributed by atoms with Gasteiger partial charge in [0.25, 0.3) is 0 Å². The first-order chi connectivity index (χ1) is 5.13. The van der Waals surface area contributed by atoms with Crippen molar-refractivity contribution in [2.75, 3.05) is 26.0 Å². The van der Waals surface area contributed by atoms with Gasteiger partial charge in [-0.3, -0.25) is 4.79 Å². The second kappa shape index (κ2) is 5.08. The van der Waals surface area contributed by atoms with E-state index in [1.165, 1.54) is 16.7 Å². The molecule has 0 aromatic heterocycles. The van der Waals surface area contributed by atoms with E-state index in [0.29, 0.717) is 5.65 Å². The maximum atomic E-state index is 11.2. The molecular formula is C6H11BN2OS. The van der Waals surface area contributed by atoms with Gasteiger partial charge in [-0.2, -0.15) is 11.8 Å². The molecule has 0 saturated carbocycles. The summed E-state index contributed by atoms with van der Waals surface area (Å²) in [6.07, 6.45) is 1.88. The summed E-state index contributed by atoms with van der Waals surface area (Å²) in [5, 5.41) is 8.57. The summed E-state index contributed by atoms with van der Waals surface area (Å²) in [7, 11) is 3.32. The maximum absolute atomic E-state index is 11.2. The lowest BCUT2D eigenvalue weighted by molar-refractivity contribution is 0.239. The minimum Gasteiger partial charge on any atom is -0.356 e. The fraction of sp³-hybridized carbons (Fsp3) is 0.667. The highest BCUT2D eigenvalue weighted by molar-refractivity contribution is 8.00. The van der Waals surface area contributed by atoms with E-state index >= 15 is 0 Å². The van der Waals surface area contributed by atoms with E-state index in [0.717, 1.165) is 0 Å².